The number of carbonyl (C=O) groups excluding carboxylic acids is 1. The maximum atomic E-state index is 12.0. The molecule has 20 heavy (non-hydrogen) atoms. The van der Waals surface area contributed by atoms with E-state index in [1.807, 2.05) is 0 Å². The van der Waals surface area contributed by atoms with Crippen LogP contribution in [0.25, 0.3) is 0 Å². The number of amides is 1. The van der Waals surface area contributed by atoms with Crippen molar-refractivity contribution in [1.82, 2.24) is 10.0 Å². The van der Waals surface area contributed by atoms with Crippen LogP contribution in [0, 0.1) is 0 Å². The molecule has 0 aliphatic heterocycles. The smallest absolute Gasteiger partial charge is 0.337 e. The first kappa shape index (κ1) is 15.9. The molecule has 8 nitrogen and oxygen atoms in total. The first-order valence-electron chi connectivity index (χ1n) is 5.61. The van der Waals surface area contributed by atoms with Gasteiger partial charge in [-0.3, -0.25) is 4.79 Å². The third-order valence-corrected chi connectivity index (χ3v) is 3.83. The summed E-state index contributed by atoms with van der Waals surface area (Å²) in [6, 6.07) is 3.50. The fraction of sp³-hybridized carbons (Fsp3) is 0.273. The molecule has 0 aliphatic rings. The number of carboxylic acid groups (broad SMARTS) is 1. The second-order valence-corrected chi connectivity index (χ2v) is 5.68. The lowest BCUT2D eigenvalue weighted by Crippen LogP contribution is -2.34. The molecule has 1 aromatic rings. The van der Waals surface area contributed by atoms with E-state index in [2.05, 4.69) is 10.0 Å². The van der Waals surface area contributed by atoms with Gasteiger partial charge in [0.1, 0.15) is 0 Å². The van der Waals surface area contributed by atoms with Crippen LogP contribution in [-0.4, -0.2) is 38.5 Å². The molecule has 9 heteroatoms. The summed E-state index contributed by atoms with van der Waals surface area (Å²) in [7, 11) is -3.99. The number of hydrogen-bond donors (Lipinski definition) is 4. The molecule has 0 atom stereocenters. The Morgan fingerprint density at radius 1 is 1.30 bits per heavy atom. The van der Waals surface area contributed by atoms with Gasteiger partial charge in [0.25, 0.3) is 0 Å². The highest BCUT2D eigenvalue weighted by atomic mass is 32.2. The summed E-state index contributed by atoms with van der Waals surface area (Å²) in [6.07, 6.45) is 0. The predicted molar refractivity (Wildman–Crippen MR) is 71.7 cm³/mol. The topological polar surface area (TPSA) is 139 Å². The Bertz CT molecular complexity index is 627. The van der Waals surface area contributed by atoms with Crippen molar-refractivity contribution in [2.24, 2.45) is 0 Å². The Morgan fingerprint density at radius 3 is 2.50 bits per heavy atom. The van der Waals surface area contributed by atoms with E-state index in [0.29, 0.717) is 0 Å². The van der Waals surface area contributed by atoms with E-state index in [1.54, 1.807) is 0 Å². The lowest BCUT2D eigenvalue weighted by Gasteiger charge is -2.10. The van der Waals surface area contributed by atoms with Crippen LogP contribution in [0.3, 0.4) is 0 Å². The number of sulfonamides is 1. The molecule has 1 aromatic carbocycles. The van der Waals surface area contributed by atoms with Crippen LogP contribution in [0.2, 0.25) is 0 Å². The highest BCUT2D eigenvalue weighted by molar-refractivity contribution is 7.89. The standard InChI is InChI=1S/C11H15N3O5S/c1-7(15)13-4-5-14-20(18,19)10-3-2-8(12)6-9(10)11(16)17/h2-3,6,14H,4-5,12H2,1H3,(H,13,15)(H,16,17). The zero-order valence-corrected chi connectivity index (χ0v) is 11.5. The van der Waals surface area contributed by atoms with Crippen molar-refractivity contribution < 1.29 is 23.1 Å². The number of nitrogen functional groups attached to an aromatic ring is 1. The minimum Gasteiger partial charge on any atom is -0.478 e. The van der Waals surface area contributed by atoms with Gasteiger partial charge >= 0.3 is 5.97 Å². The third-order valence-electron chi connectivity index (χ3n) is 2.31. The zero-order valence-electron chi connectivity index (χ0n) is 10.7. The van der Waals surface area contributed by atoms with Gasteiger partial charge in [-0.25, -0.2) is 17.9 Å². The minimum absolute atomic E-state index is 0.0502. The fourth-order valence-electron chi connectivity index (χ4n) is 1.45. The monoisotopic (exact) mass is 301 g/mol. The number of rotatable bonds is 6. The maximum Gasteiger partial charge on any atom is 0.337 e. The first-order chi connectivity index (χ1) is 9.24. The van der Waals surface area contributed by atoms with E-state index in [-0.39, 0.29) is 29.6 Å². The summed E-state index contributed by atoms with van der Waals surface area (Å²) < 4.78 is 26.2. The fourth-order valence-corrected chi connectivity index (χ4v) is 2.66. The summed E-state index contributed by atoms with van der Waals surface area (Å²) >= 11 is 0. The summed E-state index contributed by atoms with van der Waals surface area (Å²) in [5.41, 5.74) is 5.18. The molecule has 0 fully saturated rings. The molecular weight excluding hydrogens is 286 g/mol. The molecule has 0 saturated heterocycles. The number of carboxylic acids is 1. The van der Waals surface area contributed by atoms with Gasteiger partial charge in [0, 0.05) is 25.7 Å². The number of aromatic carboxylic acids is 1. The van der Waals surface area contributed by atoms with Gasteiger partial charge in [-0.1, -0.05) is 0 Å². The number of nitrogens with one attached hydrogen (secondary N) is 2. The molecule has 0 heterocycles. The minimum atomic E-state index is -3.99. The largest absolute Gasteiger partial charge is 0.478 e. The lowest BCUT2D eigenvalue weighted by atomic mass is 10.2. The van der Waals surface area contributed by atoms with Crippen molar-refractivity contribution >= 4 is 27.6 Å². The Hall–Kier alpha value is -2.13. The van der Waals surface area contributed by atoms with E-state index in [4.69, 9.17) is 10.8 Å². The molecule has 0 radical (unpaired) electrons. The summed E-state index contributed by atoms with van der Waals surface area (Å²) in [5, 5.41) is 11.4. The van der Waals surface area contributed by atoms with E-state index in [1.165, 1.54) is 13.0 Å². The summed E-state index contributed by atoms with van der Waals surface area (Å²) in [4.78, 5) is 21.3. The van der Waals surface area contributed by atoms with Crippen molar-refractivity contribution in [3.05, 3.63) is 23.8 Å². The average Bonchev–Trinajstić information content (AvgIpc) is 2.34. The van der Waals surface area contributed by atoms with E-state index in [0.717, 1.165) is 12.1 Å². The molecule has 1 amide bonds. The van der Waals surface area contributed by atoms with Gasteiger partial charge in [0.2, 0.25) is 15.9 Å². The van der Waals surface area contributed by atoms with Crippen molar-refractivity contribution in [3.63, 3.8) is 0 Å². The zero-order chi connectivity index (χ0) is 15.3. The highest BCUT2D eigenvalue weighted by Gasteiger charge is 2.22. The molecule has 110 valence electrons. The number of carbonyl (C=O) groups is 2. The Labute approximate surface area is 116 Å². The molecule has 1 rings (SSSR count). The number of benzene rings is 1. The lowest BCUT2D eigenvalue weighted by molar-refractivity contribution is -0.118. The van der Waals surface area contributed by atoms with Crippen LogP contribution in [0.1, 0.15) is 17.3 Å². The molecule has 0 bridgehead atoms. The van der Waals surface area contributed by atoms with E-state index >= 15 is 0 Å². The Morgan fingerprint density at radius 2 is 1.95 bits per heavy atom. The van der Waals surface area contributed by atoms with E-state index in [9.17, 15) is 18.0 Å². The summed E-state index contributed by atoms with van der Waals surface area (Å²) in [5.74, 6) is -1.68. The van der Waals surface area contributed by atoms with Crippen LogP contribution in [0.15, 0.2) is 23.1 Å². The molecular formula is C11H15N3O5S. The highest BCUT2D eigenvalue weighted by Crippen LogP contribution is 2.18. The molecule has 0 aromatic heterocycles. The van der Waals surface area contributed by atoms with E-state index < -0.39 is 21.6 Å². The van der Waals surface area contributed by atoms with Crippen LogP contribution >= 0.6 is 0 Å². The summed E-state index contributed by atoms with van der Waals surface area (Å²) in [6.45, 7) is 1.36. The molecule has 0 aliphatic carbocycles. The normalized spacial score (nSPS) is 11.1. The molecule has 5 N–H and O–H groups in total. The number of anilines is 1. The molecule has 0 unspecified atom stereocenters. The van der Waals surface area contributed by atoms with Gasteiger partial charge in [-0.05, 0) is 18.2 Å². The average molecular weight is 301 g/mol. The predicted octanol–water partition coefficient (Wildman–Crippen LogP) is -0.619. The van der Waals surface area contributed by atoms with Crippen molar-refractivity contribution in [2.45, 2.75) is 11.8 Å². The van der Waals surface area contributed by atoms with Gasteiger partial charge < -0.3 is 16.2 Å². The first-order valence-corrected chi connectivity index (χ1v) is 7.09. The second-order valence-electron chi connectivity index (χ2n) is 3.94. The SMILES string of the molecule is CC(=O)NCCNS(=O)(=O)c1ccc(N)cc1C(=O)O. The van der Waals surface area contributed by atoms with Gasteiger partial charge in [0.15, 0.2) is 0 Å². The second kappa shape index (κ2) is 6.35. The number of hydrogen-bond acceptors (Lipinski definition) is 5. The Balaban J connectivity index is 2.92. The van der Waals surface area contributed by atoms with Crippen molar-refractivity contribution in [2.75, 3.05) is 18.8 Å². The van der Waals surface area contributed by atoms with Crippen LogP contribution in [-0.2, 0) is 14.8 Å². The Kier molecular flexibility index (Phi) is 5.06. The molecule has 0 spiro atoms. The van der Waals surface area contributed by atoms with Crippen molar-refractivity contribution in [1.29, 1.82) is 0 Å². The van der Waals surface area contributed by atoms with Gasteiger partial charge in [0.05, 0.1) is 10.5 Å². The van der Waals surface area contributed by atoms with Crippen LogP contribution in [0.4, 0.5) is 5.69 Å². The van der Waals surface area contributed by atoms with Crippen LogP contribution in [0.5, 0.6) is 0 Å². The van der Waals surface area contributed by atoms with Gasteiger partial charge in [-0.2, -0.15) is 0 Å². The van der Waals surface area contributed by atoms with Crippen molar-refractivity contribution in [3.8, 4) is 0 Å². The maximum absolute atomic E-state index is 12.0. The van der Waals surface area contributed by atoms with Crippen LogP contribution < -0.4 is 15.8 Å². The molecule has 0 saturated carbocycles. The third kappa shape index (κ3) is 4.21. The van der Waals surface area contributed by atoms with Gasteiger partial charge in [-0.15, -0.1) is 0 Å². The number of nitrogens with two attached hydrogens (primary N) is 1. The quantitative estimate of drug-likeness (QED) is 0.408.